The number of carbonyl (C=O) groups is 1. The van der Waals surface area contributed by atoms with Gasteiger partial charge < -0.3 is 15.2 Å². The smallest absolute Gasteiger partial charge is 0.221 e. The number of aliphatic hydroxyl groups excluding tert-OH is 1. The van der Waals surface area contributed by atoms with E-state index in [1.165, 1.54) is 5.56 Å². The number of aliphatic hydroxyl groups is 1. The van der Waals surface area contributed by atoms with Crippen LogP contribution in [0.5, 0.6) is 5.75 Å². The van der Waals surface area contributed by atoms with Crippen LogP contribution >= 0.6 is 0 Å². The van der Waals surface area contributed by atoms with Crippen LogP contribution in [0.15, 0.2) is 48.5 Å². The molecule has 4 nitrogen and oxygen atoms in total. The second-order valence-corrected chi connectivity index (χ2v) is 6.24. The van der Waals surface area contributed by atoms with Crippen molar-refractivity contribution in [3.8, 4) is 5.75 Å². The summed E-state index contributed by atoms with van der Waals surface area (Å²) < 4.78 is 5.37. The molecule has 1 amide bonds. The lowest BCUT2D eigenvalue weighted by molar-refractivity contribution is -0.122. The van der Waals surface area contributed by atoms with Crippen LogP contribution in [0.1, 0.15) is 48.9 Å². The van der Waals surface area contributed by atoms with E-state index in [9.17, 15) is 9.90 Å². The summed E-state index contributed by atoms with van der Waals surface area (Å²) in [7, 11) is 1.63. The van der Waals surface area contributed by atoms with Crippen LogP contribution in [0.3, 0.4) is 0 Å². The van der Waals surface area contributed by atoms with Crippen LogP contribution in [-0.2, 0) is 11.2 Å². The highest BCUT2D eigenvalue weighted by Crippen LogP contribution is 2.28. The Balaban J connectivity index is 2.01. The lowest BCUT2D eigenvalue weighted by Crippen LogP contribution is -2.31. The van der Waals surface area contributed by atoms with Gasteiger partial charge in [0.2, 0.25) is 5.91 Å². The van der Waals surface area contributed by atoms with Gasteiger partial charge in [0, 0.05) is 6.42 Å². The molecule has 134 valence electrons. The summed E-state index contributed by atoms with van der Waals surface area (Å²) in [5, 5.41) is 12.6. The third-order valence-corrected chi connectivity index (χ3v) is 4.47. The van der Waals surface area contributed by atoms with Gasteiger partial charge in [-0.3, -0.25) is 4.79 Å². The summed E-state index contributed by atoms with van der Waals surface area (Å²) >= 11 is 0. The summed E-state index contributed by atoms with van der Waals surface area (Å²) in [5.74, 6) is 0.728. The molecule has 0 aromatic heterocycles. The molecule has 25 heavy (non-hydrogen) atoms. The largest absolute Gasteiger partial charge is 0.496 e. The Labute approximate surface area is 149 Å². The minimum atomic E-state index is -0.386. The minimum Gasteiger partial charge on any atom is -0.496 e. The summed E-state index contributed by atoms with van der Waals surface area (Å²) in [4.78, 5) is 12.4. The van der Waals surface area contributed by atoms with Crippen molar-refractivity contribution < 1.29 is 14.6 Å². The number of rotatable bonds is 8. The average Bonchev–Trinajstić information content (AvgIpc) is 2.66. The molecule has 2 N–H and O–H groups in total. The van der Waals surface area contributed by atoms with Crippen LogP contribution in [0.2, 0.25) is 0 Å². The van der Waals surface area contributed by atoms with Gasteiger partial charge in [0.1, 0.15) is 5.75 Å². The van der Waals surface area contributed by atoms with Crippen molar-refractivity contribution >= 4 is 5.91 Å². The van der Waals surface area contributed by atoms with Crippen molar-refractivity contribution in [1.82, 2.24) is 5.32 Å². The van der Waals surface area contributed by atoms with E-state index in [1.807, 2.05) is 55.5 Å². The Hall–Kier alpha value is -2.33. The van der Waals surface area contributed by atoms with Crippen LogP contribution < -0.4 is 10.1 Å². The van der Waals surface area contributed by atoms with Gasteiger partial charge in [0.15, 0.2) is 0 Å². The predicted octanol–water partition coefficient (Wildman–Crippen LogP) is 3.60. The fourth-order valence-electron chi connectivity index (χ4n) is 2.93. The summed E-state index contributed by atoms with van der Waals surface area (Å²) in [6.07, 6.45) is 1.30. The van der Waals surface area contributed by atoms with Crippen LogP contribution in [0.4, 0.5) is 0 Å². The Morgan fingerprint density at radius 1 is 1.16 bits per heavy atom. The third-order valence-electron chi connectivity index (χ3n) is 4.47. The number of hydrogen-bond acceptors (Lipinski definition) is 3. The lowest BCUT2D eigenvalue weighted by atomic mass is 9.96. The molecule has 2 unspecified atom stereocenters. The molecular weight excluding hydrogens is 314 g/mol. The molecule has 0 aliphatic rings. The highest BCUT2D eigenvalue weighted by molar-refractivity contribution is 5.77. The van der Waals surface area contributed by atoms with E-state index < -0.39 is 0 Å². The molecule has 0 fully saturated rings. The van der Waals surface area contributed by atoms with E-state index in [1.54, 1.807) is 7.11 Å². The number of hydrogen-bond donors (Lipinski definition) is 2. The van der Waals surface area contributed by atoms with Crippen LogP contribution in [0, 0.1) is 0 Å². The van der Waals surface area contributed by atoms with Gasteiger partial charge in [-0.15, -0.1) is 0 Å². The summed E-state index contributed by atoms with van der Waals surface area (Å²) in [6.45, 7) is 3.97. The second-order valence-electron chi connectivity index (χ2n) is 6.24. The molecule has 0 aliphatic carbocycles. The molecule has 2 atom stereocenters. The Kier molecular flexibility index (Phi) is 7.02. The van der Waals surface area contributed by atoms with Gasteiger partial charge in [-0.2, -0.15) is 0 Å². The molecule has 0 radical (unpaired) electrons. The van der Waals surface area contributed by atoms with Gasteiger partial charge in [-0.1, -0.05) is 56.3 Å². The summed E-state index contributed by atoms with van der Waals surface area (Å²) in [6, 6.07) is 15.3. The van der Waals surface area contributed by atoms with E-state index in [0.29, 0.717) is 6.42 Å². The molecular formula is C21H27NO3. The predicted molar refractivity (Wildman–Crippen MR) is 99.8 cm³/mol. The Bertz CT molecular complexity index is 682. The van der Waals surface area contributed by atoms with Crippen molar-refractivity contribution in [3.05, 3.63) is 65.2 Å². The first-order valence-corrected chi connectivity index (χ1v) is 8.71. The topological polar surface area (TPSA) is 58.6 Å². The quantitative estimate of drug-likeness (QED) is 0.771. The van der Waals surface area contributed by atoms with Crippen molar-refractivity contribution in [1.29, 1.82) is 0 Å². The number of methoxy groups -OCH3 is 1. The standard InChI is InChI=1S/C21H27NO3/c1-4-16-9-11-17(12-10-16)19(14-23)22-21(24)13-15(2)18-7-5-6-8-20(18)25-3/h5-12,15,19,23H,4,13-14H2,1-3H3,(H,22,24). The van der Waals surface area contributed by atoms with Crippen LogP contribution in [0.25, 0.3) is 0 Å². The molecule has 0 heterocycles. The molecule has 0 saturated heterocycles. The molecule has 2 aromatic rings. The SMILES string of the molecule is CCc1ccc(C(CO)NC(=O)CC(C)c2ccccc2OC)cc1. The number of ether oxygens (including phenoxy) is 1. The number of carbonyl (C=O) groups excluding carboxylic acids is 1. The van der Waals surface area contributed by atoms with Crippen molar-refractivity contribution in [2.45, 2.75) is 38.6 Å². The van der Waals surface area contributed by atoms with Gasteiger partial charge in [0.05, 0.1) is 19.8 Å². The lowest BCUT2D eigenvalue weighted by Gasteiger charge is -2.20. The Morgan fingerprint density at radius 2 is 1.84 bits per heavy atom. The van der Waals surface area contributed by atoms with Gasteiger partial charge >= 0.3 is 0 Å². The molecule has 2 aromatic carbocycles. The van der Waals surface area contributed by atoms with Gasteiger partial charge in [-0.25, -0.2) is 0 Å². The molecule has 0 saturated carbocycles. The highest BCUT2D eigenvalue weighted by Gasteiger charge is 2.18. The Morgan fingerprint density at radius 3 is 2.44 bits per heavy atom. The van der Waals surface area contributed by atoms with Crippen LogP contribution in [-0.4, -0.2) is 24.7 Å². The zero-order valence-corrected chi connectivity index (χ0v) is 15.2. The fraction of sp³-hybridized carbons (Fsp3) is 0.381. The first-order valence-electron chi connectivity index (χ1n) is 8.71. The van der Waals surface area contributed by atoms with Crippen molar-refractivity contribution in [2.75, 3.05) is 13.7 Å². The van der Waals surface area contributed by atoms with E-state index in [-0.39, 0.29) is 24.5 Å². The fourth-order valence-corrected chi connectivity index (χ4v) is 2.93. The van der Waals surface area contributed by atoms with Gasteiger partial charge in [0.25, 0.3) is 0 Å². The average molecular weight is 341 g/mol. The van der Waals surface area contributed by atoms with Crippen molar-refractivity contribution in [3.63, 3.8) is 0 Å². The number of benzene rings is 2. The molecule has 0 aliphatic heterocycles. The number of para-hydroxylation sites is 1. The zero-order chi connectivity index (χ0) is 18.2. The normalized spacial score (nSPS) is 13.1. The third kappa shape index (κ3) is 5.07. The number of amides is 1. The van der Waals surface area contributed by atoms with E-state index in [2.05, 4.69) is 12.2 Å². The number of aryl methyl sites for hydroxylation is 1. The maximum Gasteiger partial charge on any atom is 0.221 e. The maximum atomic E-state index is 12.4. The number of nitrogens with one attached hydrogen (secondary N) is 1. The first kappa shape index (κ1) is 19.0. The minimum absolute atomic E-state index is 0.0259. The molecule has 2 rings (SSSR count). The van der Waals surface area contributed by atoms with Gasteiger partial charge in [-0.05, 0) is 35.1 Å². The maximum absolute atomic E-state index is 12.4. The molecule has 0 bridgehead atoms. The van der Waals surface area contributed by atoms with E-state index >= 15 is 0 Å². The first-order chi connectivity index (χ1) is 12.1. The molecule has 0 spiro atoms. The zero-order valence-electron chi connectivity index (χ0n) is 15.2. The monoisotopic (exact) mass is 341 g/mol. The highest BCUT2D eigenvalue weighted by atomic mass is 16.5. The van der Waals surface area contributed by atoms with E-state index in [0.717, 1.165) is 23.3 Å². The summed E-state index contributed by atoms with van der Waals surface area (Å²) in [5.41, 5.74) is 3.16. The van der Waals surface area contributed by atoms with Crippen molar-refractivity contribution in [2.24, 2.45) is 0 Å². The second kappa shape index (κ2) is 9.23. The molecule has 4 heteroatoms. The van der Waals surface area contributed by atoms with E-state index in [4.69, 9.17) is 4.74 Å².